The summed E-state index contributed by atoms with van der Waals surface area (Å²) in [6, 6.07) is 19.3. The number of anilines is 2. The molecule has 198 valence electrons. The van der Waals surface area contributed by atoms with Crippen molar-refractivity contribution in [1.29, 1.82) is 0 Å². The number of carbonyl (C=O) groups excluding carboxylic acids is 3. The largest absolute Gasteiger partial charge is 0.368 e. The molecule has 11 heteroatoms. The number of aromatic amines is 1. The quantitative estimate of drug-likeness (QED) is 0.303. The number of tetrazole rings is 1. The van der Waals surface area contributed by atoms with Crippen LogP contribution in [0, 0.1) is 13.8 Å². The summed E-state index contributed by atoms with van der Waals surface area (Å²) in [5, 5.41) is 19.4. The smallest absolute Gasteiger partial charge is 0.319 e. The number of H-pyrrole nitrogens is 1. The summed E-state index contributed by atoms with van der Waals surface area (Å²) in [7, 11) is 0. The zero-order valence-corrected chi connectivity index (χ0v) is 21.5. The van der Waals surface area contributed by atoms with E-state index in [9.17, 15) is 14.4 Å². The Bertz CT molecular complexity index is 1540. The second kappa shape index (κ2) is 10.7. The number of aryl methyl sites for hydroxylation is 2. The minimum atomic E-state index is -0.927. The van der Waals surface area contributed by atoms with Crippen LogP contribution in [0.15, 0.2) is 66.7 Å². The molecule has 1 aromatic heterocycles. The van der Waals surface area contributed by atoms with Gasteiger partial charge in [-0.15, -0.1) is 5.10 Å². The lowest BCUT2D eigenvalue weighted by molar-refractivity contribution is -0.123. The number of hydrogen-bond donors (Lipinski definition) is 4. The molecule has 4 aromatic rings. The number of benzene rings is 3. The summed E-state index contributed by atoms with van der Waals surface area (Å²) >= 11 is 0. The predicted octanol–water partition coefficient (Wildman–Crippen LogP) is 3.03. The molecular weight excluding hydrogens is 496 g/mol. The maximum absolute atomic E-state index is 13.9. The fraction of sp³-hybridized carbons (Fsp3) is 0.214. The van der Waals surface area contributed by atoms with Crippen LogP contribution in [0.4, 0.5) is 16.2 Å². The van der Waals surface area contributed by atoms with Gasteiger partial charge in [0, 0.05) is 22.9 Å². The van der Waals surface area contributed by atoms with Gasteiger partial charge in [0.05, 0.1) is 0 Å². The molecule has 3 aromatic carbocycles. The van der Waals surface area contributed by atoms with E-state index < -0.39 is 23.9 Å². The molecule has 1 aliphatic rings. The van der Waals surface area contributed by atoms with Gasteiger partial charge in [-0.1, -0.05) is 48.5 Å². The van der Waals surface area contributed by atoms with E-state index in [1.54, 1.807) is 24.3 Å². The first-order valence-electron chi connectivity index (χ1n) is 12.5. The molecule has 0 aliphatic carbocycles. The Kier molecular flexibility index (Phi) is 7.04. The van der Waals surface area contributed by atoms with Crippen LogP contribution in [0.2, 0.25) is 0 Å². The van der Waals surface area contributed by atoms with Crippen LogP contribution in [0.5, 0.6) is 0 Å². The number of fused-ring (bicyclic) bond motifs is 1. The van der Waals surface area contributed by atoms with Gasteiger partial charge >= 0.3 is 6.03 Å². The highest BCUT2D eigenvalue weighted by atomic mass is 16.2. The first-order chi connectivity index (χ1) is 18.8. The van der Waals surface area contributed by atoms with Crippen LogP contribution in [0.25, 0.3) is 11.4 Å². The van der Waals surface area contributed by atoms with E-state index in [-0.39, 0.29) is 12.5 Å². The average Bonchev–Trinajstić information content (AvgIpc) is 3.42. The van der Waals surface area contributed by atoms with Gasteiger partial charge in [0.1, 0.15) is 12.6 Å². The molecule has 1 aliphatic heterocycles. The summed E-state index contributed by atoms with van der Waals surface area (Å²) in [5.41, 5.74) is 11.3. The molecule has 0 saturated heterocycles. The van der Waals surface area contributed by atoms with E-state index in [4.69, 9.17) is 5.73 Å². The zero-order valence-electron chi connectivity index (χ0n) is 21.5. The molecule has 2 unspecified atom stereocenters. The molecule has 0 radical (unpaired) electrons. The second-order valence-corrected chi connectivity index (χ2v) is 9.58. The number of nitrogens with two attached hydrogens (primary N) is 1. The highest BCUT2D eigenvalue weighted by molar-refractivity contribution is 6.05. The van der Waals surface area contributed by atoms with Crippen molar-refractivity contribution in [1.82, 2.24) is 25.9 Å². The Balaban J connectivity index is 1.48. The first kappa shape index (κ1) is 25.6. The van der Waals surface area contributed by atoms with E-state index in [1.165, 1.54) is 4.90 Å². The summed E-state index contributed by atoms with van der Waals surface area (Å²) in [6.07, 6.45) is 0.298. The van der Waals surface area contributed by atoms with Crippen LogP contribution in [-0.2, 0) is 9.59 Å². The van der Waals surface area contributed by atoms with Gasteiger partial charge in [-0.05, 0) is 71.1 Å². The molecule has 39 heavy (non-hydrogen) atoms. The van der Waals surface area contributed by atoms with Crippen molar-refractivity contribution in [3.05, 3.63) is 89.0 Å². The third kappa shape index (κ3) is 5.47. The van der Waals surface area contributed by atoms with Gasteiger partial charge in [-0.3, -0.25) is 9.59 Å². The molecule has 2 atom stereocenters. The Morgan fingerprint density at radius 1 is 1.05 bits per heavy atom. The van der Waals surface area contributed by atoms with Crippen molar-refractivity contribution in [2.45, 2.75) is 32.2 Å². The Morgan fingerprint density at radius 2 is 1.87 bits per heavy atom. The lowest BCUT2D eigenvalue weighted by atomic mass is 9.83. The van der Waals surface area contributed by atoms with Crippen LogP contribution < -0.4 is 21.3 Å². The summed E-state index contributed by atoms with van der Waals surface area (Å²) in [5.74, 6) is -0.814. The lowest BCUT2D eigenvalue weighted by Crippen LogP contribution is -2.51. The third-order valence-electron chi connectivity index (χ3n) is 6.81. The van der Waals surface area contributed by atoms with Crippen molar-refractivity contribution < 1.29 is 14.4 Å². The number of amides is 4. The number of primary amides is 1. The number of urea groups is 1. The highest BCUT2D eigenvalue weighted by Gasteiger charge is 2.37. The molecule has 0 bridgehead atoms. The molecule has 5 N–H and O–H groups in total. The van der Waals surface area contributed by atoms with Gasteiger partial charge in [-0.2, -0.15) is 0 Å². The van der Waals surface area contributed by atoms with Gasteiger partial charge in [0.15, 0.2) is 5.82 Å². The van der Waals surface area contributed by atoms with E-state index >= 15 is 0 Å². The topological polar surface area (TPSA) is 159 Å². The molecule has 4 amide bonds. The molecule has 5 rings (SSSR count). The molecular formula is C28H28N8O3. The Morgan fingerprint density at radius 3 is 2.62 bits per heavy atom. The number of nitrogens with one attached hydrogen (secondary N) is 3. The van der Waals surface area contributed by atoms with Crippen molar-refractivity contribution in [2.24, 2.45) is 5.73 Å². The van der Waals surface area contributed by atoms with E-state index in [0.29, 0.717) is 29.2 Å². The highest BCUT2D eigenvalue weighted by Crippen LogP contribution is 2.40. The molecule has 2 heterocycles. The summed E-state index contributed by atoms with van der Waals surface area (Å²) in [4.78, 5) is 40.5. The maximum atomic E-state index is 13.9. The number of rotatable bonds is 6. The first-order valence-corrected chi connectivity index (χ1v) is 12.5. The monoisotopic (exact) mass is 524 g/mol. The summed E-state index contributed by atoms with van der Waals surface area (Å²) < 4.78 is 0. The maximum Gasteiger partial charge on any atom is 0.319 e. The van der Waals surface area contributed by atoms with Gasteiger partial charge < -0.3 is 21.3 Å². The van der Waals surface area contributed by atoms with E-state index in [1.807, 2.05) is 56.3 Å². The third-order valence-corrected chi connectivity index (χ3v) is 6.81. The van der Waals surface area contributed by atoms with E-state index in [0.717, 1.165) is 22.3 Å². The number of hydrogen-bond acceptors (Lipinski definition) is 6. The SMILES string of the molecule is Cc1ccc2c(c1)N(CC(N)=O)C(=O)C(NC(=O)Nc1cccc(-c3nnn[nH]3)c1)CC2c1ccccc1C. The van der Waals surface area contributed by atoms with Gasteiger partial charge in [0.2, 0.25) is 11.8 Å². The normalized spacial score (nSPS) is 16.8. The van der Waals surface area contributed by atoms with Crippen molar-refractivity contribution >= 4 is 29.2 Å². The zero-order chi connectivity index (χ0) is 27.5. The number of carbonyl (C=O) groups is 3. The van der Waals surface area contributed by atoms with Crippen LogP contribution >= 0.6 is 0 Å². The minimum Gasteiger partial charge on any atom is -0.368 e. The van der Waals surface area contributed by atoms with Crippen LogP contribution in [0.3, 0.4) is 0 Å². The number of nitrogens with zero attached hydrogens (tertiary/aromatic N) is 4. The summed E-state index contributed by atoms with van der Waals surface area (Å²) in [6.45, 7) is 3.64. The molecule has 0 saturated carbocycles. The Labute approximate surface area is 224 Å². The molecule has 0 fully saturated rings. The van der Waals surface area contributed by atoms with Crippen molar-refractivity contribution in [3.8, 4) is 11.4 Å². The average molecular weight is 525 g/mol. The van der Waals surface area contributed by atoms with Crippen LogP contribution in [0.1, 0.15) is 34.6 Å². The van der Waals surface area contributed by atoms with Crippen LogP contribution in [-0.4, -0.2) is 51.1 Å². The fourth-order valence-electron chi connectivity index (χ4n) is 5.02. The van der Waals surface area contributed by atoms with Gasteiger partial charge in [-0.25, -0.2) is 9.89 Å². The van der Waals surface area contributed by atoms with Gasteiger partial charge in [0.25, 0.3) is 0 Å². The lowest BCUT2D eigenvalue weighted by Gasteiger charge is -2.25. The minimum absolute atomic E-state index is 0.212. The van der Waals surface area contributed by atoms with Crippen molar-refractivity contribution in [3.63, 3.8) is 0 Å². The molecule has 11 nitrogen and oxygen atoms in total. The Hall–Kier alpha value is -5.06. The number of aromatic nitrogens is 4. The predicted molar refractivity (Wildman–Crippen MR) is 146 cm³/mol. The second-order valence-electron chi connectivity index (χ2n) is 9.58. The standard InChI is InChI=1S/C28H28N8O3/c1-16-10-11-21-22(20-9-4-3-6-17(20)2)14-23(27(38)36(15-25(29)37)24(21)12-16)31-28(39)30-19-8-5-7-18(13-19)26-32-34-35-33-26/h3-13,22-23H,14-15H2,1-2H3,(H2,29,37)(H2,30,31,39)(H,32,33,34,35). The van der Waals surface area contributed by atoms with Crippen molar-refractivity contribution in [2.75, 3.05) is 16.8 Å². The fourth-order valence-corrected chi connectivity index (χ4v) is 5.02. The molecule has 0 spiro atoms. The van der Waals surface area contributed by atoms with E-state index in [2.05, 4.69) is 31.3 Å².